The summed E-state index contributed by atoms with van der Waals surface area (Å²) < 4.78 is 10.1. The van der Waals surface area contributed by atoms with Gasteiger partial charge in [-0.25, -0.2) is 9.59 Å². The van der Waals surface area contributed by atoms with Crippen LogP contribution in [-0.4, -0.2) is 31.3 Å². The lowest BCUT2D eigenvalue weighted by Crippen LogP contribution is -2.15. The van der Waals surface area contributed by atoms with Crippen LogP contribution in [0.15, 0.2) is 102 Å². The van der Waals surface area contributed by atoms with E-state index in [-0.39, 0.29) is 11.1 Å². The fourth-order valence-electron chi connectivity index (χ4n) is 3.27. The molecule has 3 rings (SSSR count). The summed E-state index contributed by atoms with van der Waals surface area (Å²) in [5.41, 5.74) is 2.36. The molecule has 0 aliphatic rings. The average molecular weight is 440 g/mol. The summed E-state index contributed by atoms with van der Waals surface area (Å²) in [4.78, 5) is 25.3. The van der Waals surface area contributed by atoms with Crippen LogP contribution in [0, 0.1) is 0 Å². The van der Waals surface area contributed by atoms with Crippen molar-refractivity contribution in [1.29, 1.82) is 0 Å². The number of carboxylic acids is 1. The summed E-state index contributed by atoms with van der Waals surface area (Å²) >= 11 is 0. The molecule has 0 radical (unpaired) electrons. The zero-order chi connectivity index (χ0) is 23.6. The van der Waals surface area contributed by atoms with Crippen molar-refractivity contribution in [3.63, 3.8) is 0 Å². The van der Waals surface area contributed by atoms with Crippen molar-refractivity contribution in [1.82, 2.24) is 0 Å². The zero-order valence-electron chi connectivity index (χ0n) is 18.4. The van der Waals surface area contributed by atoms with Crippen LogP contribution >= 0.6 is 0 Å². The maximum Gasteiger partial charge on any atom is 0.338 e. The van der Waals surface area contributed by atoms with Gasteiger partial charge in [0.05, 0.1) is 25.4 Å². The second kappa shape index (κ2) is 11.3. The number of ether oxygens (including phenoxy) is 2. The highest BCUT2D eigenvalue weighted by Gasteiger charge is 2.25. The number of esters is 1. The van der Waals surface area contributed by atoms with E-state index in [1.807, 2.05) is 54.6 Å². The van der Waals surface area contributed by atoms with Gasteiger partial charge in [-0.2, -0.15) is 0 Å². The van der Waals surface area contributed by atoms with Gasteiger partial charge in [-0.15, -0.1) is 0 Å². The van der Waals surface area contributed by atoms with E-state index in [9.17, 15) is 14.7 Å². The first kappa shape index (κ1) is 23.3. The van der Waals surface area contributed by atoms with E-state index >= 15 is 0 Å². The van der Waals surface area contributed by atoms with E-state index in [2.05, 4.69) is 0 Å². The fraction of sp³-hybridized carbons (Fsp3) is 0.0714. The summed E-state index contributed by atoms with van der Waals surface area (Å²) in [5, 5.41) is 10.2. The van der Waals surface area contributed by atoms with Crippen molar-refractivity contribution < 1.29 is 24.2 Å². The Morgan fingerprint density at radius 3 is 1.94 bits per heavy atom. The monoisotopic (exact) mass is 440 g/mol. The second-order valence-electron chi connectivity index (χ2n) is 7.03. The van der Waals surface area contributed by atoms with Crippen LogP contribution in [0.25, 0.3) is 17.7 Å². The third-order valence-corrected chi connectivity index (χ3v) is 4.91. The Hall–Kier alpha value is -4.38. The Labute approximate surface area is 192 Å². The van der Waals surface area contributed by atoms with Gasteiger partial charge in [0, 0.05) is 0 Å². The minimum Gasteiger partial charge on any atom is -0.497 e. The van der Waals surface area contributed by atoms with Gasteiger partial charge in [-0.05, 0) is 40.5 Å². The quantitative estimate of drug-likeness (QED) is 0.284. The van der Waals surface area contributed by atoms with E-state index in [0.29, 0.717) is 22.4 Å². The lowest BCUT2D eigenvalue weighted by atomic mass is 9.92. The SMILES string of the molecule is COC(=O)C(=C/c1ccc(OC)cc1)/C(C(=O)O)=C(/C=C/c1ccccc1)c1ccccc1. The Morgan fingerprint density at radius 1 is 0.788 bits per heavy atom. The van der Waals surface area contributed by atoms with Gasteiger partial charge in [-0.3, -0.25) is 0 Å². The highest BCUT2D eigenvalue weighted by Crippen LogP contribution is 2.29. The molecular weight excluding hydrogens is 416 g/mol. The fourth-order valence-corrected chi connectivity index (χ4v) is 3.27. The first-order valence-electron chi connectivity index (χ1n) is 10.2. The number of hydrogen-bond donors (Lipinski definition) is 1. The molecule has 0 aliphatic carbocycles. The van der Waals surface area contributed by atoms with E-state index in [0.717, 1.165) is 5.56 Å². The van der Waals surface area contributed by atoms with Crippen molar-refractivity contribution in [3.8, 4) is 5.75 Å². The molecule has 0 bridgehead atoms. The van der Waals surface area contributed by atoms with Crippen LogP contribution in [0.2, 0.25) is 0 Å². The molecule has 0 spiro atoms. The highest BCUT2D eigenvalue weighted by molar-refractivity contribution is 6.15. The van der Waals surface area contributed by atoms with E-state index in [1.54, 1.807) is 49.6 Å². The maximum absolute atomic E-state index is 12.8. The summed E-state index contributed by atoms with van der Waals surface area (Å²) in [5.74, 6) is -1.34. The van der Waals surface area contributed by atoms with Crippen molar-refractivity contribution >= 4 is 29.7 Å². The first-order valence-corrected chi connectivity index (χ1v) is 10.2. The molecule has 1 N–H and O–H groups in total. The van der Waals surface area contributed by atoms with E-state index < -0.39 is 11.9 Å². The number of hydrogen-bond acceptors (Lipinski definition) is 4. The Morgan fingerprint density at radius 2 is 1.39 bits per heavy atom. The number of aliphatic carboxylic acids is 1. The van der Waals surface area contributed by atoms with Crippen LogP contribution < -0.4 is 4.74 Å². The summed E-state index contributed by atoms with van der Waals surface area (Å²) in [7, 11) is 2.78. The molecule has 5 nitrogen and oxygen atoms in total. The minimum atomic E-state index is -1.24. The van der Waals surface area contributed by atoms with Gasteiger partial charge < -0.3 is 14.6 Å². The van der Waals surface area contributed by atoms with Crippen molar-refractivity contribution in [3.05, 3.63) is 119 Å². The third-order valence-electron chi connectivity index (χ3n) is 4.91. The molecule has 0 fully saturated rings. The molecule has 33 heavy (non-hydrogen) atoms. The first-order chi connectivity index (χ1) is 16.0. The van der Waals surface area contributed by atoms with Crippen LogP contribution in [-0.2, 0) is 14.3 Å². The topological polar surface area (TPSA) is 72.8 Å². The molecule has 3 aromatic rings. The number of allylic oxidation sites excluding steroid dienone is 2. The minimum absolute atomic E-state index is 0.0632. The predicted molar refractivity (Wildman–Crippen MR) is 129 cm³/mol. The van der Waals surface area contributed by atoms with Gasteiger partial charge >= 0.3 is 11.9 Å². The molecule has 166 valence electrons. The third kappa shape index (κ3) is 6.08. The lowest BCUT2D eigenvalue weighted by Gasteiger charge is -2.13. The molecule has 0 heterocycles. The molecule has 0 unspecified atom stereocenters. The van der Waals surface area contributed by atoms with E-state index in [4.69, 9.17) is 9.47 Å². The summed E-state index contributed by atoms with van der Waals surface area (Å²) in [6, 6.07) is 25.5. The number of carboxylic acid groups (broad SMARTS) is 1. The average Bonchev–Trinajstić information content (AvgIpc) is 2.86. The molecular formula is C28H24O5. The normalized spacial score (nSPS) is 12.2. The van der Waals surface area contributed by atoms with Crippen molar-refractivity contribution in [2.24, 2.45) is 0 Å². The standard InChI is InChI=1S/C28H24O5/c1-32-23-16-13-21(14-17-23)19-25(28(31)33-2)26(27(29)30)24(22-11-7-4-8-12-22)18-15-20-9-5-3-6-10-20/h3-19H,1-2H3,(H,29,30)/b18-15+,25-19+,26-24+. The van der Waals surface area contributed by atoms with Crippen LogP contribution in [0.5, 0.6) is 5.75 Å². The smallest absolute Gasteiger partial charge is 0.338 e. The number of benzene rings is 3. The lowest BCUT2D eigenvalue weighted by molar-refractivity contribution is -0.138. The molecule has 0 aromatic heterocycles. The van der Waals surface area contributed by atoms with Gasteiger partial charge in [0.15, 0.2) is 0 Å². The summed E-state index contributed by atoms with van der Waals surface area (Å²) in [6.45, 7) is 0. The largest absolute Gasteiger partial charge is 0.497 e. The molecule has 0 amide bonds. The van der Waals surface area contributed by atoms with E-state index in [1.165, 1.54) is 13.2 Å². The Kier molecular flexibility index (Phi) is 7.97. The number of carbonyl (C=O) groups is 2. The molecule has 0 atom stereocenters. The zero-order valence-corrected chi connectivity index (χ0v) is 18.4. The van der Waals surface area contributed by atoms with Crippen molar-refractivity contribution in [2.45, 2.75) is 0 Å². The molecule has 0 saturated carbocycles. The number of methoxy groups -OCH3 is 2. The second-order valence-corrected chi connectivity index (χ2v) is 7.03. The van der Waals surface area contributed by atoms with Gasteiger partial charge in [0.2, 0.25) is 0 Å². The Bertz CT molecular complexity index is 1190. The van der Waals surface area contributed by atoms with Crippen LogP contribution in [0.1, 0.15) is 16.7 Å². The number of carbonyl (C=O) groups excluding carboxylic acids is 1. The maximum atomic E-state index is 12.8. The van der Waals surface area contributed by atoms with Gasteiger partial charge in [0.25, 0.3) is 0 Å². The van der Waals surface area contributed by atoms with Crippen LogP contribution in [0.4, 0.5) is 0 Å². The predicted octanol–water partition coefficient (Wildman–Crippen LogP) is 5.50. The van der Waals surface area contributed by atoms with Crippen molar-refractivity contribution in [2.75, 3.05) is 14.2 Å². The van der Waals surface area contributed by atoms with Crippen LogP contribution in [0.3, 0.4) is 0 Å². The molecule has 3 aromatic carbocycles. The van der Waals surface area contributed by atoms with Gasteiger partial charge in [0.1, 0.15) is 5.75 Å². The van der Waals surface area contributed by atoms with Gasteiger partial charge in [-0.1, -0.05) is 84.9 Å². The highest BCUT2D eigenvalue weighted by atomic mass is 16.5. The summed E-state index contributed by atoms with van der Waals surface area (Å²) in [6.07, 6.45) is 5.03. The molecule has 0 saturated heterocycles. The molecule has 5 heteroatoms. The molecule has 0 aliphatic heterocycles. The number of rotatable bonds is 8. The Balaban J connectivity index is 2.25.